The Labute approximate surface area is 114 Å². The molecule has 0 bridgehead atoms. The van der Waals surface area contributed by atoms with Gasteiger partial charge in [-0.1, -0.05) is 13.0 Å². The van der Waals surface area contributed by atoms with Crippen LogP contribution in [0.15, 0.2) is 23.1 Å². The highest BCUT2D eigenvalue weighted by molar-refractivity contribution is 7.89. The average molecular weight is 284 g/mol. The van der Waals surface area contributed by atoms with E-state index in [9.17, 15) is 8.42 Å². The van der Waals surface area contributed by atoms with E-state index in [1.165, 1.54) is 5.56 Å². The second kappa shape index (κ2) is 5.90. The minimum atomic E-state index is -3.44. The zero-order chi connectivity index (χ0) is 13.9. The molecule has 1 aliphatic heterocycles. The molecule has 0 amide bonds. The molecule has 19 heavy (non-hydrogen) atoms. The molecule has 1 aromatic rings. The predicted octanol–water partition coefficient (Wildman–Crippen LogP) is 1.22. The Hall–Kier alpha value is -1.11. The molecule has 1 atom stereocenters. The lowest BCUT2D eigenvalue weighted by Crippen LogP contribution is -2.30. The van der Waals surface area contributed by atoms with Gasteiger partial charge >= 0.3 is 0 Å². The van der Waals surface area contributed by atoms with Gasteiger partial charge in [0, 0.05) is 32.5 Å². The molecule has 0 radical (unpaired) electrons. The van der Waals surface area contributed by atoms with E-state index in [0.717, 1.165) is 18.7 Å². The lowest BCUT2D eigenvalue weighted by Gasteiger charge is -2.12. The van der Waals surface area contributed by atoms with Crippen LogP contribution in [0, 0.1) is 5.92 Å². The van der Waals surface area contributed by atoms with Crippen LogP contribution in [0.25, 0.3) is 0 Å². The monoisotopic (exact) mass is 284 g/mol. The van der Waals surface area contributed by atoms with Crippen LogP contribution in [-0.2, 0) is 21.2 Å². The van der Waals surface area contributed by atoms with Crippen LogP contribution in [0.4, 0.5) is 5.69 Å². The number of fused-ring (bicyclic) bond motifs is 1. The maximum atomic E-state index is 12.2. The van der Waals surface area contributed by atoms with Crippen LogP contribution in [0.2, 0.25) is 0 Å². The van der Waals surface area contributed by atoms with Crippen molar-refractivity contribution < 1.29 is 13.2 Å². The molecule has 0 aliphatic carbocycles. The normalized spacial score (nSPS) is 15.9. The molecule has 1 heterocycles. The SMILES string of the molecule is COCC(C)CNS(=O)(=O)c1ccc2c(c1)NCC2. The molecule has 5 nitrogen and oxygen atoms in total. The molecule has 2 rings (SSSR count). The highest BCUT2D eigenvalue weighted by Crippen LogP contribution is 2.25. The number of hydrogen-bond acceptors (Lipinski definition) is 4. The lowest BCUT2D eigenvalue weighted by atomic mass is 10.2. The molecule has 1 aliphatic rings. The fraction of sp³-hybridized carbons (Fsp3) is 0.538. The van der Waals surface area contributed by atoms with Crippen LogP contribution in [0.3, 0.4) is 0 Å². The van der Waals surface area contributed by atoms with E-state index in [1.54, 1.807) is 19.2 Å². The van der Waals surface area contributed by atoms with E-state index in [-0.39, 0.29) is 5.92 Å². The van der Waals surface area contributed by atoms with Gasteiger partial charge < -0.3 is 10.1 Å². The molecule has 0 saturated heterocycles. The van der Waals surface area contributed by atoms with Crippen molar-refractivity contribution in [2.75, 3.05) is 32.1 Å². The van der Waals surface area contributed by atoms with Gasteiger partial charge in [-0.25, -0.2) is 13.1 Å². The Morgan fingerprint density at radius 1 is 1.47 bits per heavy atom. The standard InChI is InChI=1S/C13H20N2O3S/c1-10(9-18-2)8-15-19(16,17)12-4-3-11-5-6-14-13(11)7-12/h3-4,7,10,14-15H,5-6,8-9H2,1-2H3. The van der Waals surface area contributed by atoms with Gasteiger partial charge in [-0.3, -0.25) is 0 Å². The fourth-order valence-electron chi connectivity index (χ4n) is 2.12. The number of ether oxygens (including phenoxy) is 1. The van der Waals surface area contributed by atoms with Gasteiger partial charge in [0.15, 0.2) is 0 Å². The van der Waals surface area contributed by atoms with Crippen LogP contribution in [-0.4, -0.2) is 35.2 Å². The van der Waals surface area contributed by atoms with E-state index in [1.807, 2.05) is 13.0 Å². The molecule has 0 fully saturated rings. The number of methoxy groups -OCH3 is 1. The molecule has 1 aromatic carbocycles. The second-order valence-electron chi connectivity index (χ2n) is 4.91. The number of benzene rings is 1. The van der Waals surface area contributed by atoms with E-state index in [4.69, 9.17) is 4.74 Å². The minimum absolute atomic E-state index is 0.146. The zero-order valence-corrected chi connectivity index (χ0v) is 12.1. The summed E-state index contributed by atoms with van der Waals surface area (Å²) in [6.45, 7) is 3.72. The quantitative estimate of drug-likeness (QED) is 0.824. The summed E-state index contributed by atoms with van der Waals surface area (Å²) in [6, 6.07) is 5.24. The third-order valence-electron chi connectivity index (χ3n) is 3.17. The van der Waals surface area contributed by atoms with Gasteiger partial charge in [0.05, 0.1) is 4.90 Å². The molecule has 1 unspecified atom stereocenters. The van der Waals surface area contributed by atoms with Crippen molar-refractivity contribution in [3.05, 3.63) is 23.8 Å². The van der Waals surface area contributed by atoms with Gasteiger partial charge in [0.1, 0.15) is 0 Å². The lowest BCUT2D eigenvalue weighted by molar-refractivity contribution is 0.161. The molecule has 2 N–H and O–H groups in total. The van der Waals surface area contributed by atoms with Crippen molar-refractivity contribution in [2.24, 2.45) is 5.92 Å². The van der Waals surface area contributed by atoms with Crippen LogP contribution in [0.1, 0.15) is 12.5 Å². The summed E-state index contributed by atoms with van der Waals surface area (Å²) in [7, 11) is -1.83. The number of sulfonamides is 1. The molecule has 0 saturated carbocycles. The predicted molar refractivity (Wildman–Crippen MR) is 74.9 cm³/mol. The Bertz CT molecular complexity index is 543. The Balaban J connectivity index is 2.07. The average Bonchev–Trinajstić information content (AvgIpc) is 2.84. The van der Waals surface area contributed by atoms with Gasteiger partial charge in [-0.15, -0.1) is 0 Å². The van der Waals surface area contributed by atoms with E-state index in [2.05, 4.69) is 10.0 Å². The van der Waals surface area contributed by atoms with Crippen LogP contribution >= 0.6 is 0 Å². The Morgan fingerprint density at radius 2 is 2.26 bits per heavy atom. The first-order chi connectivity index (χ1) is 9.03. The number of anilines is 1. The van der Waals surface area contributed by atoms with Crippen molar-refractivity contribution >= 4 is 15.7 Å². The summed E-state index contributed by atoms with van der Waals surface area (Å²) in [5.74, 6) is 0.146. The summed E-state index contributed by atoms with van der Waals surface area (Å²) in [6.07, 6.45) is 0.952. The largest absolute Gasteiger partial charge is 0.384 e. The van der Waals surface area contributed by atoms with Crippen molar-refractivity contribution in [1.82, 2.24) is 4.72 Å². The highest BCUT2D eigenvalue weighted by atomic mass is 32.2. The fourth-order valence-corrected chi connectivity index (χ4v) is 3.31. The first-order valence-corrected chi connectivity index (χ1v) is 7.86. The number of nitrogens with one attached hydrogen (secondary N) is 2. The molecule has 0 spiro atoms. The maximum Gasteiger partial charge on any atom is 0.240 e. The van der Waals surface area contributed by atoms with Gasteiger partial charge in [0.2, 0.25) is 10.0 Å². The van der Waals surface area contributed by atoms with Gasteiger partial charge in [-0.2, -0.15) is 0 Å². The first-order valence-electron chi connectivity index (χ1n) is 6.38. The first kappa shape index (κ1) is 14.3. The summed E-state index contributed by atoms with van der Waals surface area (Å²) in [4.78, 5) is 0.310. The summed E-state index contributed by atoms with van der Waals surface area (Å²) in [5.41, 5.74) is 2.10. The van der Waals surface area contributed by atoms with Crippen molar-refractivity contribution in [3.8, 4) is 0 Å². The Kier molecular flexibility index (Phi) is 4.44. The zero-order valence-electron chi connectivity index (χ0n) is 11.3. The minimum Gasteiger partial charge on any atom is -0.384 e. The number of hydrogen-bond donors (Lipinski definition) is 2. The van der Waals surface area contributed by atoms with Crippen molar-refractivity contribution in [1.29, 1.82) is 0 Å². The molecular weight excluding hydrogens is 264 g/mol. The summed E-state index contributed by atoms with van der Waals surface area (Å²) in [5, 5.41) is 3.19. The highest BCUT2D eigenvalue weighted by Gasteiger charge is 2.18. The van der Waals surface area contributed by atoms with E-state index >= 15 is 0 Å². The van der Waals surface area contributed by atoms with Crippen LogP contribution in [0.5, 0.6) is 0 Å². The molecule has 0 aromatic heterocycles. The van der Waals surface area contributed by atoms with Crippen molar-refractivity contribution in [2.45, 2.75) is 18.2 Å². The second-order valence-corrected chi connectivity index (χ2v) is 6.68. The topological polar surface area (TPSA) is 67.4 Å². The van der Waals surface area contributed by atoms with E-state index < -0.39 is 10.0 Å². The third kappa shape index (κ3) is 3.46. The third-order valence-corrected chi connectivity index (χ3v) is 4.60. The summed E-state index contributed by atoms with van der Waals surface area (Å²) < 4.78 is 31.9. The molecular formula is C13H20N2O3S. The maximum absolute atomic E-state index is 12.2. The smallest absolute Gasteiger partial charge is 0.240 e. The van der Waals surface area contributed by atoms with Gasteiger partial charge in [-0.05, 0) is 30.0 Å². The summed E-state index contributed by atoms with van der Waals surface area (Å²) >= 11 is 0. The molecule has 106 valence electrons. The van der Waals surface area contributed by atoms with Crippen LogP contribution < -0.4 is 10.0 Å². The van der Waals surface area contributed by atoms with Crippen molar-refractivity contribution in [3.63, 3.8) is 0 Å². The van der Waals surface area contributed by atoms with Gasteiger partial charge in [0.25, 0.3) is 0 Å². The number of rotatable bonds is 6. The Morgan fingerprint density at radius 3 is 3.00 bits per heavy atom. The van der Waals surface area contributed by atoms with E-state index in [0.29, 0.717) is 18.0 Å². The molecule has 6 heteroatoms.